The summed E-state index contributed by atoms with van der Waals surface area (Å²) in [6.45, 7) is 1.90. The lowest BCUT2D eigenvalue weighted by Gasteiger charge is -2.13. The van der Waals surface area contributed by atoms with E-state index in [1.165, 1.54) is 12.1 Å². The van der Waals surface area contributed by atoms with Crippen molar-refractivity contribution < 1.29 is 23.4 Å². The predicted octanol–water partition coefficient (Wildman–Crippen LogP) is 4.05. The number of benzene rings is 2. The maximum absolute atomic E-state index is 13.8. The molecule has 0 fully saturated rings. The fourth-order valence-corrected chi connectivity index (χ4v) is 3.51. The Hall–Kier alpha value is -3.28. The number of methoxy groups -OCH3 is 3. The molecule has 1 aliphatic carbocycles. The van der Waals surface area contributed by atoms with Crippen LogP contribution in [-0.2, 0) is 4.79 Å². The second kappa shape index (κ2) is 7.76. The molecule has 2 aromatic rings. The third-order valence-corrected chi connectivity index (χ3v) is 4.80. The van der Waals surface area contributed by atoms with Crippen LogP contribution in [-0.4, -0.2) is 27.2 Å². The first kappa shape index (κ1) is 19.5. The highest BCUT2D eigenvalue weighted by Gasteiger charge is 2.25. The van der Waals surface area contributed by atoms with Crippen LogP contribution in [0.2, 0.25) is 0 Å². The van der Waals surface area contributed by atoms with Gasteiger partial charge in [-0.3, -0.25) is 4.79 Å². The molecule has 1 aliphatic rings. The molecule has 0 aromatic heterocycles. The summed E-state index contributed by atoms with van der Waals surface area (Å²) in [5.74, 6) is 0.749. The van der Waals surface area contributed by atoms with Gasteiger partial charge in [-0.15, -0.1) is 0 Å². The van der Waals surface area contributed by atoms with Crippen molar-refractivity contribution in [2.24, 2.45) is 5.73 Å². The van der Waals surface area contributed by atoms with Gasteiger partial charge in [0.2, 0.25) is 11.7 Å². The molecule has 0 saturated heterocycles. The monoisotopic (exact) mass is 383 g/mol. The molecule has 5 nitrogen and oxygen atoms in total. The van der Waals surface area contributed by atoms with Crippen LogP contribution >= 0.6 is 0 Å². The smallest absolute Gasteiger partial charge is 0.221 e. The number of allylic oxidation sites excluding steroid dienone is 2. The zero-order valence-corrected chi connectivity index (χ0v) is 16.3. The van der Waals surface area contributed by atoms with E-state index in [4.69, 9.17) is 19.9 Å². The largest absolute Gasteiger partial charge is 0.493 e. The maximum Gasteiger partial charge on any atom is 0.221 e. The molecule has 2 N–H and O–H groups in total. The van der Waals surface area contributed by atoms with Crippen LogP contribution in [0, 0.1) is 5.82 Å². The van der Waals surface area contributed by atoms with Gasteiger partial charge in [0.05, 0.1) is 27.8 Å². The lowest BCUT2D eigenvalue weighted by molar-refractivity contribution is -0.117. The topological polar surface area (TPSA) is 70.8 Å². The predicted molar refractivity (Wildman–Crippen MR) is 107 cm³/mol. The van der Waals surface area contributed by atoms with Gasteiger partial charge in [-0.05, 0) is 70.7 Å². The molecule has 0 unspecified atom stereocenters. The quantitative estimate of drug-likeness (QED) is 0.817. The Balaban J connectivity index is 2.19. The molecular weight excluding hydrogens is 361 g/mol. The molecule has 3 rings (SSSR count). The zero-order chi connectivity index (χ0) is 20.4. The SMILES string of the molecule is COc1cc(C=C2C(C)=C(CC(N)=O)c3cc(F)ccc32)cc(OC)c1OC. The van der Waals surface area contributed by atoms with Crippen molar-refractivity contribution in [2.45, 2.75) is 13.3 Å². The fourth-order valence-electron chi connectivity index (χ4n) is 3.51. The first-order valence-corrected chi connectivity index (χ1v) is 8.70. The number of hydrogen-bond acceptors (Lipinski definition) is 4. The van der Waals surface area contributed by atoms with E-state index in [9.17, 15) is 9.18 Å². The van der Waals surface area contributed by atoms with Gasteiger partial charge in [-0.25, -0.2) is 4.39 Å². The molecule has 146 valence electrons. The van der Waals surface area contributed by atoms with Crippen molar-refractivity contribution in [1.29, 1.82) is 0 Å². The van der Waals surface area contributed by atoms with E-state index in [1.807, 2.05) is 25.1 Å². The average molecular weight is 383 g/mol. The number of hydrogen-bond donors (Lipinski definition) is 1. The van der Waals surface area contributed by atoms with Crippen LogP contribution in [0.25, 0.3) is 17.2 Å². The average Bonchev–Trinajstić information content (AvgIpc) is 2.91. The van der Waals surface area contributed by atoms with E-state index in [1.54, 1.807) is 27.4 Å². The van der Waals surface area contributed by atoms with E-state index >= 15 is 0 Å². The van der Waals surface area contributed by atoms with Crippen molar-refractivity contribution in [3.05, 3.63) is 58.4 Å². The van der Waals surface area contributed by atoms with Crippen molar-refractivity contribution in [3.63, 3.8) is 0 Å². The summed E-state index contributed by atoms with van der Waals surface area (Å²) in [5.41, 5.74) is 10.3. The van der Waals surface area contributed by atoms with Crippen LogP contribution in [0.15, 0.2) is 35.9 Å². The Bertz CT molecular complexity index is 983. The number of nitrogens with two attached hydrogens (primary N) is 1. The minimum atomic E-state index is -0.460. The van der Waals surface area contributed by atoms with E-state index < -0.39 is 5.91 Å². The number of carbonyl (C=O) groups excluding carboxylic acids is 1. The number of primary amides is 1. The van der Waals surface area contributed by atoms with Crippen molar-refractivity contribution in [2.75, 3.05) is 21.3 Å². The Morgan fingerprint density at radius 2 is 1.68 bits per heavy atom. The molecule has 0 bridgehead atoms. The number of carbonyl (C=O) groups is 1. The van der Waals surface area contributed by atoms with Crippen LogP contribution in [0.1, 0.15) is 30.0 Å². The summed E-state index contributed by atoms with van der Waals surface area (Å²) in [7, 11) is 4.65. The van der Waals surface area contributed by atoms with Crippen LogP contribution < -0.4 is 19.9 Å². The summed E-state index contributed by atoms with van der Waals surface area (Å²) in [5, 5.41) is 0. The first-order valence-electron chi connectivity index (χ1n) is 8.70. The van der Waals surface area contributed by atoms with Gasteiger partial charge in [-0.2, -0.15) is 0 Å². The first-order chi connectivity index (χ1) is 13.4. The molecular formula is C22H22FNO4. The summed E-state index contributed by atoms with van der Waals surface area (Å²) < 4.78 is 30.0. The zero-order valence-electron chi connectivity index (χ0n) is 16.3. The summed E-state index contributed by atoms with van der Waals surface area (Å²) in [4.78, 5) is 11.5. The van der Waals surface area contributed by atoms with E-state index in [0.29, 0.717) is 22.8 Å². The molecule has 0 spiro atoms. The number of rotatable bonds is 6. The second-order valence-corrected chi connectivity index (χ2v) is 6.45. The van der Waals surface area contributed by atoms with Crippen molar-refractivity contribution in [3.8, 4) is 17.2 Å². The Morgan fingerprint density at radius 3 is 2.21 bits per heavy atom. The van der Waals surface area contributed by atoms with Crippen molar-refractivity contribution in [1.82, 2.24) is 0 Å². The third kappa shape index (κ3) is 3.45. The van der Waals surface area contributed by atoms with E-state index in [2.05, 4.69) is 0 Å². The van der Waals surface area contributed by atoms with Crippen LogP contribution in [0.5, 0.6) is 17.2 Å². The summed E-state index contributed by atoms with van der Waals surface area (Å²) in [6.07, 6.45) is 2.00. The summed E-state index contributed by atoms with van der Waals surface area (Å²) in [6, 6.07) is 8.22. The van der Waals surface area contributed by atoms with Gasteiger partial charge in [0.15, 0.2) is 11.5 Å². The lowest BCUT2D eigenvalue weighted by atomic mass is 10.00. The van der Waals surface area contributed by atoms with Gasteiger partial charge in [0.1, 0.15) is 5.82 Å². The highest BCUT2D eigenvalue weighted by molar-refractivity contribution is 6.08. The van der Waals surface area contributed by atoms with Gasteiger partial charge in [-0.1, -0.05) is 6.07 Å². The minimum absolute atomic E-state index is 0.0505. The molecule has 0 saturated carbocycles. The Kier molecular flexibility index (Phi) is 5.40. The maximum atomic E-state index is 13.8. The highest BCUT2D eigenvalue weighted by atomic mass is 19.1. The van der Waals surface area contributed by atoms with Crippen LogP contribution in [0.3, 0.4) is 0 Å². The lowest BCUT2D eigenvalue weighted by Crippen LogP contribution is -2.10. The number of fused-ring (bicyclic) bond motifs is 1. The fraction of sp³-hybridized carbons (Fsp3) is 0.227. The minimum Gasteiger partial charge on any atom is -0.493 e. The number of halogens is 1. The number of amides is 1. The van der Waals surface area contributed by atoms with E-state index in [0.717, 1.165) is 27.8 Å². The standard InChI is InChI=1S/C22H22FNO4/c1-12-16(7-13-8-19(26-2)22(28-4)20(9-13)27-3)15-6-5-14(23)10-18(15)17(12)11-21(24)25/h5-10H,11H2,1-4H3,(H2,24,25). The molecule has 0 aliphatic heterocycles. The van der Waals surface area contributed by atoms with Gasteiger partial charge >= 0.3 is 0 Å². The second-order valence-electron chi connectivity index (χ2n) is 6.45. The molecule has 0 atom stereocenters. The molecule has 0 heterocycles. The van der Waals surface area contributed by atoms with E-state index in [-0.39, 0.29) is 12.2 Å². The summed E-state index contributed by atoms with van der Waals surface area (Å²) >= 11 is 0. The Labute approximate surface area is 163 Å². The third-order valence-electron chi connectivity index (χ3n) is 4.80. The van der Waals surface area contributed by atoms with Crippen molar-refractivity contribution >= 4 is 23.1 Å². The van der Waals surface area contributed by atoms with Gasteiger partial charge < -0.3 is 19.9 Å². The van der Waals surface area contributed by atoms with Crippen LogP contribution in [0.4, 0.5) is 4.39 Å². The highest BCUT2D eigenvalue weighted by Crippen LogP contribution is 2.45. The van der Waals surface area contributed by atoms with Gasteiger partial charge in [0, 0.05) is 0 Å². The molecule has 1 amide bonds. The number of ether oxygens (including phenoxy) is 3. The molecule has 6 heteroatoms. The van der Waals surface area contributed by atoms with Gasteiger partial charge in [0.25, 0.3) is 0 Å². The Morgan fingerprint density at radius 1 is 1.04 bits per heavy atom. The normalized spacial score (nSPS) is 14.2. The molecule has 28 heavy (non-hydrogen) atoms. The molecule has 0 radical (unpaired) electrons. The molecule has 2 aromatic carbocycles.